The van der Waals surface area contributed by atoms with Crippen molar-refractivity contribution in [1.82, 2.24) is 0 Å². The first-order chi connectivity index (χ1) is 13.4. The lowest BCUT2D eigenvalue weighted by molar-refractivity contribution is -0.0212. The summed E-state index contributed by atoms with van der Waals surface area (Å²) < 4.78 is 32.3. The Labute approximate surface area is 161 Å². The largest absolute Gasteiger partial charge is 0.377 e. The first kappa shape index (κ1) is 23.9. The second kappa shape index (κ2) is 19.7. The smallest absolute Gasteiger partial charge is 0.0913 e. The fraction of sp³-hybridized carbons (Fsp3) is 0.684. The van der Waals surface area contributed by atoms with Crippen LogP contribution < -0.4 is 5.90 Å². The molecule has 0 fully saturated rings. The van der Waals surface area contributed by atoms with Crippen LogP contribution in [0.2, 0.25) is 0 Å². The van der Waals surface area contributed by atoms with Gasteiger partial charge in [-0.15, -0.1) is 0 Å². The molecule has 0 aliphatic rings. The van der Waals surface area contributed by atoms with Gasteiger partial charge in [-0.2, -0.15) is 0 Å². The number of benzene rings is 1. The summed E-state index contributed by atoms with van der Waals surface area (Å²) in [5.41, 5.74) is 1.16. The van der Waals surface area contributed by atoms with Crippen LogP contribution in [0.3, 0.4) is 0 Å². The van der Waals surface area contributed by atoms with Gasteiger partial charge in [-0.1, -0.05) is 30.3 Å². The Morgan fingerprint density at radius 2 is 0.852 bits per heavy atom. The summed E-state index contributed by atoms with van der Waals surface area (Å²) in [6.07, 6.45) is 0. The monoisotopic (exact) mass is 387 g/mol. The third-order valence-electron chi connectivity index (χ3n) is 3.32. The SMILES string of the molecule is NOCCOCCOCCOCCOCCOCCOCc1ccccc1. The molecule has 156 valence electrons. The fourth-order valence-corrected chi connectivity index (χ4v) is 1.97. The summed E-state index contributed by atoms with van der Waals surface area (Å²) in [7, 11) is 0. The Kier molecular flexibility index (Phi) is 17.4. The van der Waals surface area contributed by atoms with Crippen LogP contribution in [0, 0.1) is 0 Å². The lowest BCUT2D eigenvalue weighted by atomic mass is 10.2. The molecule has 2 N–H and O–H groups in total. The van der Waals surface area contributed by atoms with Crippen molar-refractivity contribution >= 4 is 0 Å². The van der Waals surface area contributed by atoms with Gasteiger partial charge in [0.2, 0.25) is 0 Å². The highest BCUT2D eigenvalue weighted by Crippen LogP contribution is 1.99. The van der Waals surface area contributed by atoms with Crippen molar-refractivity contribution in [2.24, 2.45) is 5.90 Å². The zero-order chi connectivity index (χ0) is 19.3. The van der Waals surface area contributed by atoms with Crippen LogP contribution in [0.5, 0.6) is 0 Å². The van der Waals surface area contributed by atoms with Gasteiger partial charge in [0.1, 0.15) is 0 Å². The summed E-state index contributed by atoms with van der Waals surface area (Å²) in [5, 5.41) is 0. The van der Waals surface area contributed by atoms with E-state index in [4.69, 9.17) is 34.3 Å². The van der Waals surface area contributed by atoms with E-state index in [-0.39, 0.29) is 0 Å². The molecule has 0 bridgehead atoms. The van der Waals surface area contributed by atoms with Gasteiger partial charge in [-0.05, 0) is 5.56 Å². The minimum absolute atomic E-state index is 0.385. The van der Waals surface area contributed by atoms with Gasteiger partial charge < -0.3 is 33.3 Å². The summed E-state index contributed by atoms with van der Waals surface area (Å²) in [4.78, 5) is 4.37. The van der Waals surface area contributed by atoms with E-state index in [2.05, 4.69) is 4.84 Å². The average Bonchev–Trinajstić information content (AvgIpc) is 2.70. The molecule has 8 nitrogen and oxygen atoms in total. The van der Waals surface area contributed by atoms with Gasteiger partial charge in [0, 0.05) is 0 Å². The van der Waals surface area contributed by atoms with E-state index in [0.717, 1.165) is 5.56 Å². The maximum atomic E-state index is 5.53. The summed E-state index contributed by atoms with van der Waals surface area (Å²) >= 11 is 0. The van der Waals surface area contributed by atoms with Crippen molar-refractivity contribution < 1.29 is 33.3 Å². The number of nitrogens with two attached hydrogens (primary N) is 1. The minimum atomic E-state index is 0.385. The molecular weight excluding hydrogens is 354 g/mol. The Hall–Kier alpha value is -1.10. The van der Waals surface area contributed by atoms with Crippen molar-refractivity contribution in [3.05, 3.63) is 35.9 Å². The number of hydrogen-bond acceptors (Lipinski definition) is 8. The minimum Gasteiger partial charge on any atom is -0.377 e. The van der Waals surface area contributed by atoms with Crippen LogP contribution in [0.1, 0.15) is 5.56 Å². The molecule has 0 amide bonds. The van der Waals surface area contributed by atoms with E-state index in [9.17, 15) is 0 Å². The fourth-order valence-electron chi connectivity index (χ4n) is 1.97. The lowest BCUT2D eigenvalue weighted by Crippen LogP contribution is -2.15. The van der Waals surface area contributed by atoms with E-state index >= 15 is 0 Å². The molecular formula is C19H33NO7. The Morgan fingerprint density at radius 1 is 0.481 bits per heavy atom. The van der Waals surface area contributed by atoms with Gasteiger partial charge >= 0.3 is 0 Å². The van der Waals surface area contributed by atoms with Crippen LogP contribution in [-0.4, -0.2) is 79.3 Å². The predicted octanol–water partition coefficient (Wildman–Crippen LogP) is 1.18. The van der Waals surface area contributed by atoms with E-state index < -0.39 is 0 Å². The Balaban J connectivity index is 1.67. The third kappa shape index (κ3) is 16.8. The van der Waals surface area contributed by atoms with Gasteiger partial charge in [0.05, 0.1) is 85.9 Å². The third-order valence-corrected chi connectivity index (χ3v) is 3.32. The van der Waals surface area contributed by atoms with Crippen LogP contribution >= 0.6 is 0 Å². The van der Waals surface area contributed by atoms with Crippen molar-refractivity contribution in [1.29, 1.82) is 0 Å². The second-order valence-corrected chi connectivity index (χ2v) is 5.47. The van der Waals surface area contributed by atoms with Gasteiger partial charge in [0.15, 0.2) is 0 Å². The standard InChI is InChI=1S/C19H33NO7/c20-27-17-16-25-13-12-23-9-8-21-6-7-22-10-11-24-14-15-26-18-19-4-2-1-3-5-19/h1-5H,6-18,20H2. The van der Waals surface area contributed by atoms with Crippen LogP contribution in [0.15, 0.2) is 30.3 Å². The highest BCUT2D eigenvalue weighted by Gasteiger charge is 1.95. The van der Waals surface area contributed by atoms with Gasteiger partial charge in [-0.3, -0.25) is 0 Å². The predicted molar refractivity (Wildman–Crippen MR) is 100 cm³/mol. The van der Waals surface area contributed by atoms with Crippen LogP contribution in [-0.2, 0) is 39.9 Å². The van der Waals surface area contributed by atoms with E-state index in [1.165, 1.54) is 0 Å². The van der Waals surface area contributed by atoms with E-state index in [1.54, 1.807) is 0 Å². The zero-order valence-electron chi connectivity index (χ0n) is 16.0. The van der Waals surface area contributed by atoms with Crippen LogP contribution in [0.25, 0.3) is 0 Å². The molecule has 0 unspecified atom stereocenters. The first-order valence-corrected chi connectivity index (χ1v) is 9.25. The average molecular weight is 387 g/mol. The first-order valence-electron chi connectivity index (χ1n) is 9.25. The highest BCUT2D eigenvalue weighted by atomic mass is 16.6. The van der Waals surface area contributed by atoms with Gasteiger partial charge in [-0.25, -0.2) is 5.90 Å². The van der Waals surface area contributed by atoms with Crippen molar-refractivity contribution in [3.63, 3.8) is 0 Å². The zero-order valence-corrected chi connectivity index (χ0v) is 16.0. The van der Waals surface area contributed by atoms with Gasteiger partial charge in [0.25, 0.3) is 0 Å². The van der Waals surface area contributed by atoms with Crippen molar-refractivity contribution in [2.45, 2.75) is 6.61 Å². The molecule has 0 saturated heterocycles. The van der Waals surface area contributed by atoms with E-state index in [1.807, 2.05) is 30.3 Å². The molecule has 0 aliphatic heterocycles. The van der Waals surface area contributed by atoms with Crippen LogP contribution in [0.4, 0.5) is 0 Å². The maximum Gasteiger partial charge on any atom is 0.0913 e. The Morgan fingerprint density at radius 3 is 1.26 bits per heavy atom. The normalized spacial score (nSPS) is 11.1. The van der Waals surface area contributed by atoms with Crippen molar-refractivity contribution in [3.8, 4) is 0 Å². The molecule has 0 heterocycles. The number of rotatable bonds is 20. The molecule has 0 aliphatic carbocycles. The molecule has 8 heteroatoms. The molecule has 0 saturated carbocycles. The molecule has 0 aromatic heterocycles. The maximum absolute atomic E-state index is 5.53. The molecule has 0 atom stereocenters. The molecule has 0 radical (unpaired) electrons. The highest BCUT2D eigenvalue weighted by molar-refractivity contribution is 5.13. The molecule has 27 heavy (non-hydrogen) atoms. The summed E-state index contributed by atoms with van der Waals surface area (Å²) in [5.74, 6) is 4.87. The summed E-state index contributed by atoms with van der Waals surface area (Å²) in [6, 6.07) is 10.1. The summed E-state index contributed by atoms with van der Waals surface area (Å²) in [6.45, 7) is 6.87. The van der Waals surface area contributed by atoms with E-state index in [0.29, 0.717) is 85.9 Å². The van der Waals surface area contributed by atoms with Crippen molar-refractivity contribution in [2.75, 3.05) is 79.3 Å². The molecule has 0 spiro atoms. The molecule has 1 aromatic rings. The molecule has 1 aromatic carbocycles. The lowest BCUT2D eigenvalue weighted by Gasteiger charge is -2.08. The Bertz CT molecular complexity index is 408. The second-order valence-electron chi connectivity index (χ2n) is 5.47. The molecule has 1 rings (SSSR count). The quantitative estimate of drug-likeness (QED) is 0.263. The topological polar surface area (TPSA) is 90.6 Å². The number of ether oxygens (including phenoxy) is 6. The number of hydrogen-bond donors (Lipinski definition) is 1.